The lowest BCUT2D eigenvalue weighted by Crippen LogP contribution is -2.42. The van der Waals surface area contributed by atoms with E-state index in [0.717, 1.165) is 25.7 Å². The molecule has 0 aromatic heterocycles. The van der Waals surface area contributed by atoms with E-state index >= 15 is 0 Å². The zero-order valence-electron chi connectivity index (χ0n) is 12.7. The van der Waals surface area contributed by atoms with Crippen molar-refractivity contribution >= 4 is 6.03 Å². The summed E-state index contributed by atoms with van der Waals surface area (Å²) in [6.07, 6.45) is 3.99. The van der Waals surface area contributed by atoms with Crippen LogP contribution in [0, 0.1) is 0 Å². The number of urea groups is 1. The van der Waals surface area contributed by atoms with Gasteiger partial charge in [-0.3, -0.25) is 0 Å². The van der Waals surface area contributed by atoms with Crippen molar-refractivity contribution in [3.8, 4) is 0 Å². The molecular weight excluding hydrogens is 272 g/mol. The van der Waals surface area contributed by atoms with Crippen molar-refractivity contribution in [2.75, 3.05) is 6.54 Å². The van der Waals surface area contributed by atoms with Crippen LogP contribution >= 0.6 is 0 Å². The zero-order chi connectivity index (χ0) is 15.3. The number of carbonyl (C=O) groups is 1. The Labute approximate surface area is 131 Å². The van der Waals surface area contributed by atoms with Gasteiger partial charge in [-0.1, -0.05) is 60.7 Å². The van der Waals surface area contributed by atoms with E-state index in [1.165, 1.54) is 11.1 Å². The van der Waals surface area contributed by atoms with Crippen LogP contribution in [-0.4, -0.2) is 12.6 Å². The molecule has 0 bridgehead atoms. The summed E-state index contributed by atoms with van der Waals surface area (Å²) in [6.45, 7) is 0.700. The third kappa shape index (κ3) is 3.67. The van der Waals surface area contributed by atoms with Crippen molar-refractivity contribution in [2.24, 2.45) is 0 Å². The molecular formula is C19H22N2O. The first kappa shape index (κ1) is 14.6. The molecule has 0 unspecified atom stereocenters. The average Bonchev–Trinajstić information content (AvgIpc) is 3.34. The van der Waals surface area contributed by atoms with Gasteiger partial charge in [-0.05, 0) is 36.8 Å². The predicted molar refractivity (Wildman–Crippen MR) is 88.7 cm³/mol. The lowest BCUT2D eigenvalue weighted by atomic mass is 10.1. The first-order valence-electron chi connectivity index (χ1n) is 7.94. The van der Waals surface area contributed by atoms with E-state index in [4.69, 9.17) is 0 Å². The Morgan fingerprint density at radius 3 is 2.23 bits per heavy atom. The van der Waals surface area contributed by atoms with Crippen LogP contribution in [0.3, 0.4) is 0 Å². The van der Waals surface area contributed by atoms with E-state index in [9.17, 15) is 4.79 Å². The number of amides is 2. The normalized spacial score (nSPS) is 15.1. The monoisotopic (exact) mass is 294 g/mol. The molecule has 2 aromatic carbocycles. The minimum absolute atomic E-state index is 0.0607. The van der Waals surface area contributed by atoms with E-state index in [-0.39, 0.29) is 11.6 Å². The van der Waals surface area contributed by atoms with Gasteiger partial charge in [0.15, 0.2) is 0 Å². The molecule has 22 heavy (non-hydrogen) atoms. The van der Waals surface area contributed by atoms with Crippen molar-refractivity contribution in [1.82, 2.24) is 10.6 Å². The lowest BCUT2D eigenvalue weighted by Gasteiger charge is -2.18. The van der Waals surface area contributed by atoms with Crippen LogP contribution in [0.15, 0.2) is 60.7 Å². The molecule has 0 spiro atoms. The quantitative estimate of drug-likeness (QED) is 0.785. The van der Waals surface area contributed by atoms with Crippen LogP contribution in [0.25, 0.3) is 0 Å². The molecule has 2 amide bonds. The summed E-state index contributed by atoms with van der Waals surface area (Å²) in [6, 6.07) is 20.5. The molecule has 0 saturated heterocycles. The second kappa shape index (κ2) is 6.65. The van der Waals surface area contributed by atoms with Crippen molar-refractivity contribution < 1.29 is 4.79 Å². The third-order valence-corrected chi connectivity index (χ3v) is 4.20. The number of aryl methyl sites for hydroxylation is 1. The maximum Gasteiger partial charge on any atom is 0.315 e. The Morgan fingerprint density at radius 2 is 1.59 bits per heavy atom. The number of carbonyl (C=O) groups excluding carboxylic acids is 1. The molecule has 0 radical (unpaired) electrons. The van der Waals surface area contributed by atoms with Crippen molar-refractivity contribution in [3.05, 3.63) is 71.8 Å². The first-order valence-corrected chi connectivity index (χ1v) is 7.94. The summed E-state index contributed by atoms with van der Waals surface area (Å²) in [4.78, 5) is 12.1. The SMILES string of the molecule is O=C(NCCCc1ccccc1)NC1(c2ccccc2)CC1. The molecule has 1 aliphatic rings. The van der Waals surface area contributed by atoms with Gasteiger partial charge in [0.05, 0.1) is 5.54 Å². The molecule has 3 nitrogen and oxygen atoms in total. The number of nitrogens with one attached hydrogen (secondary N) is 2. The van der Waals surface area contributed by atoms with Gasteiger partial charge in [-0.2, -0.15) is 0 Å². The smallest absolute Gasteiger partial charge is 0.315 e. The summed E-state index contributed by atoms with van der Waals surface area (Å²) in [5.41, 5.74) is 2.38. The van der Waals surface area contributed by atoms with Crippen LogP contribution < -0.4 is 10.6 Å². The number of benzene rings is 2. The fraction of sp³-hybridized carbons (Fsp3) is 0.316. The summed E-state index contributed by atoms with van der Waals surface area (Å²) < 4.78 is 0. The molecule has 0 aliphatic heterocycles. The molecule has 3 heteroatoms. The molecule has 0 heterocycles. The maximum absolute atomic E-state index is 12.1. The van der Waals surface area contributed by atoms with Crippen LogP contribution in [-0.2, 0) is 12.0 Å². The second-order valence-electron chi connectivity index (χ2n) is 5.92. The van der Waals surface area contributed by atoms with E-state index in [1.807, 2.05) is 36.4 Å². The van der Waals surface area contributed by atoms with E-state index in [0.29, 0.717) is 6.54 Å². The maximum atomic E-state index is 12.1. The fourth-order valence-electron chi connectivity index (χ4n) is 2.77. The average molecular weight is 294 g/mol. The molecule has 3 rings (SSSR count). The molecule has 1 aliphatic carbocycles. The highest BCUT2D eigenvalue weighted by molar-refractivity contribution is 5.75. The van der Waals surface area contributed by atoms with Crippen molar-refractivity contribution in [3.63, 3.8) is 0 Å². The minimum atomic E-state index is -0.134. The van der Waals surface area contributed by atoms with Crippen LogP contribution in [0.5, 0.6) is 0 Å². The molecule has 1 fully saturated rings. The summed E-state index contributed by atoms with van der Waals surface area (Å²) in [5.74, 6) is 0. The molecule has 114 valence electrons. The highest BCUT2D eigenvalue weighted by atomic mass is 16.2. The molecule has 1 saturated carbocycles. The van der Waals surface area contributed by atoms with Crippen molar-refractivity contribution in [1.29, 1.82) is 0 Å². The number of hydrogen-bond donors (Lipinski definition) is 2. The third-order valence-electron chi connectivity index (χ3n) is 4.20. The van der Waals surface area contributed by atoms with Gasteiger partial charge in [0.1, 0.15) is 0 Å². The van der Waals surface area contributed by atoms with E-state index < -0.39 is 0 Å². The van der Waals surface area contributed by atoms with Gasteiger partial charge in [-0.15, -0.1) is 0 Å². The van der Waals surface area contributed by atoms with Crippen molar-refractivity contribution in [2.45, 2.75) is 31.2 Å². The molecule has 2 aromatic rings. The Bertz CT molecular complexity index is 606. The Kier molecular flexibility index (Phi) is 4.42. The minimum Gasteiger partial charge on any atom is -0.338 e. The largest absolute Gasteiger partial charge is 0.338 e. The summed E-state index contributed by atoms with van der Waals surface area (Å²) in [5, 5.41) is 6.10. The zero-order valence-corrected chi connectivity index (χ0v) is 12.7. The van der Waals surface area contributed by atoms with Gasteiger partial charge in [-0.25, -0.2) is 4.79 Å². The molecule has 0 atom stereocenters. The van der Waals surface area contributed by atoms with Gasteiger partial charge < -0.3 is 10.6 Å². The standard InChI is InChI=1S/C19H22N2O/c22-18(20-15-7-10-16-8-3-1-4-9-16)21-19(13-14-19)17-11-5-2-6-12-17/h1-6,8-9,11-12H,7,10,13-15H2,(H2,20,21,22). The number of rotatable bonds is 6. The van der Waals surface area contributed by atoms with Gasteiger partial charge >= 0.3 is 6.03 Å². The fourth-order valence-corrected chi connectivity index (χ4v) is 2.77. The summed E-state index contributed by atoms with van der Waals surface area (Å²) in [7, 11) is 0. The van der Waals surface area contributed by atoms with Crippen LogP contribution in [0.2, 0.25) is 0 Å². The van der Waals surface area contributed by atoms with E-state index in [1.54, 1.807) is 0 Å². The van der Waals surface area contributed by atoms with Crippen LogP contribution in [0.4, 0.5) is 4.79 Å². The lowest BCUT2D eigenvalue weighted by molar-refractivity contribution is 0.235. The van der Waals surface area contributed by atoms with Gasteiger partial charge in [0, 0.05) is 6.54 Å². The highest BCUT2D eigenvalue weighted by Gasteiger charge is 2.45. The molecule has 2 N–H and O–H groups in total. The van der Waals surface area contributed by atoms with E-state index in [2.05, 4.69) is 34.9 Å². The van der Waals surface area contributed by atoms with Gasteiger partial charge in [0.2, 0.25) is 0 Å². The first-order chi connectivity index (χ1) is 10.8. The second-order valence-corrected chi connectivity index (χ2v) is 5.92. The van der Waals surface area contributed by atoms with Crippen LogP contribution in [0.1, 0.15) is 30.4 Å². The highest BCUT2D eigenvalue weighted by Crippen LogP contribution is 2.45. The Morgan fingerprint density at radius 1 is 0.955 bits per heavy atom. The topological polar surface area (TPSA) is 41.1 Å². The number of hydrogen-bond acceptors (Lipinski definition) is 1. The predicted octanol–water partition coefficient (Wildman–Crippen LogP) is 3.61. The van der Waals surface area contributed by atoms with Gasteiger partial charge in [0.25, 0.3) is 0 Å². The Balaban J connectivity index is 1.42. The Hall–Kier alpha value is -2.29. The summed E-state index contributed by atoms with van der Waals surface area (Å²) >= 11 is 0.